The summed E-state index contributed by atoms with van der Waals surface area (Å²) in [4.78, 5) is 1.86. The molecule has 0 aromatic carbocycles. The summed E-state index contributed by atoms with van der Waals surface area (Å²) in [6.07, 6.45) is 5.17. The highest BCUT2D eigenvalue weighted by atomic mass is 15.1. The van der Waals surface area contributed by atoms with Gasteiger partial charge in [-0.05, 0) is 19.1 Å². The minimum atomic E-state index is 0.0390. The number of likely N-dealkylation sites (N-methyl/N-ethyl adjacent to an activating group) is 1. The van der Waals surface area contributed by atoms with Crippen LogP contribution in [-0.2, 0) is 0 Å². The summed E-state index contributed by atoms with van der Waals surface area (Å²) in [5, 5.41) is 9.95. The van der Waals surface area contributed by atoms with Crippen molar-refractivity contribution in [2.75, 3.05) is 14.1 Å². The molecule has 0 heterocycles. The van der Waals surface area contributed by atoms with Crippen LogP contribution in [0.15, 0.2) is 36.3 Å². The summed E-state index contributed by atoms with van der Waals surface area (Å²) in [6.45, 7) is 5.74. The van der Waals surface area contributed by atoms with Crippen molar-refractivity contribution >= 4 is 5.84 Å². The normalized spacial score (nSPS) is 11.5. The summed E-state index contributed by atoms with van der Waals surface area (Å²) in [5.74, 6) is 0.0390. The first kappa shape index (κ1) is 12.3. The van der Waals surface area contributed by atoms with Gasteiger partial charge in [0.05, 0.1) is 0 Å². The largest absolute Gasteiger partial charge is 0.389 e. The number of allylic oxidation sites excluding steroid dienone is 2. The van der Waals surface area contributed by atoms with Gasteiger partial charge in [-0.3, -0.25) is 5.41 Å². The predicted molar refractivity (Wildman–Crippen MR) is 60.8 cm³/mol. The Labute approximate surface area is 85.3 Å². The molecule has 4 nitrogen and oxygen atoms in total. The third kappa shape index (κ3) is 5.03. The first-order valence-electron chi connectivity index (χ1n) is 4.27. The highest BCUT2D eigenvalue weighted by Gasteiger charge is 1.94. The van der Waals surface area contributed by atoms with Gasteiger partial charge in [0.2, 0.25) is 0 Å². The molecule has 0 saturated carbocycles. The number of amidine groups is 1. The van der Waals surface area contributed by atoms with Gasteiger partial charge in [-0.15, -0.1) is 0 Å². The fourth-order valence-corrected chi connectivity index (χ4v) is 0.736. The second kappa shape index (κ2) is 5.85. The third-order valence-electron chi connectivity index (χ3n) is 1.74. The van der Waals surface area contributed by atoms with Gasteiger partial charge < -0.3 is 16.0 Å². The van der Waals surface area contributed by atoms with Crippen molar-refractivity contribution in [3.05, 3.63) is 36.3 Å². The van der Waals surface area contributed by atoms with E-state index in [0.29, 0.717) is 0 Å². The van der Waals surface area contributed by atoms with Crippen LogP contribution in [0.25, 0.3) is 0 Å². The zero-order valence-electron chi connectivity index (χ0n) is 8.96. The SMILES string of the molecule is C=C(/C=C(\C)N(C)/C=C\C(=N)N)NC. The summed E-state index contributed by atoms with van der Waals surface area (Å²) >= 11 is 0. The molecule has 0 rings (SSSR count). The fourth-order valence-electron chi connectivity index (χ4n) is 0.736. The van der Waals surface area contributed by atoms with E-state index in [9.17, 15) is 0 Å². The third-order valence-corrected chi connectivity index (χ3v) is 1.74. The van der Waals surface area contributed by atoms with E-state index in [4.69, 9.17) is 11.1 Å². The van der Waals surface area contributed by atoms with Crippen LogP contribution < -0.4 is 11.1 Å². The van der Waals surface area contributed by atoms with Crippen LogP contribution in [0.4, 0.5) is 0 Å². The molecule has 0 radical (unpaired) electrons. The summed E-state index contributed by atoms with van der Waals surface area (Å²) in [6, 6.07) is 0. The van der Waals surface area contributed by atoms with Crippen LogP contribution >= 0.6 is 0 Å². The van der Waals surface area contributed by atoms with Gasteiger partial charge in [0.15, 0.2) is 0 Å². The lowest BCUT2D eigenvalue weighted by Crippen LogP contribution is -2.12. The summed E-state index contributed by atoms with van der Waals surface area (Å²) in [7, 11) is 3.70. The molecular weight excluding hydrogens is 176 g/mol. The van der Waals surface area contributed by atoms with E-state index in [0.717, 1.165) is 11.4 Å². The topological polar surface area (TPSA) is 65.1 Å². The predicted octanol–water partition coefficient (Wildman–Crippen LogP) is 1.00. The van der Waals surface area contributed by atoms with Crippen LogP contribution in [0.2, 0.25) is 0 Å². The van der Waals surface area contributed by atoms with Crippen LogP contribution in [0.3, 0.4) is 0 Å². The van der Waals surface area contributed by atoms with E-state index in [1.165, 1.54) is 6.08 Å². The molecule has 0 atom stereocenters. The Hall–Kier alpha value is -1.71. The van der Waals surface area contributed by atoms with Gasteiger partial charge in [0.25, 0.3) is 0 Å². The smallest absolute Gasteiger partial charge is 0.116 e. The number of nitrogens with zero attached hydrogens (tertiary/aromatic N) is 1. The Balaban J connectivity index is 4.38. The van der Waals surface area contributed by atoms with E-state index in [-0.39, 0.29) is 5.84 Å². The van der Waals surface area contributed by atoms with Gasteiger partial charge in [-0.2, -0.15) is 0 Å². The Bertz CT molecular complexity index is 276. The van der Waals surface area contributed by atoms with E-state index in [2.05, 4.69) is 11.9 Å². The monoisotopic (exact) mass is 194 g/mol. The molecule has 0 aromatic rings. The van der Waals surface area contributed by atoms with Crippen molar-refractivity contribution < 1.29 is 0 Å². The van der Waals surface area contributed by atoms with Gasteiger partial charge >= 0.3 is 0 Å². The fraction of sp³-hybridized carbons (Fsp3) is 0.300. The molecule has 78 valence electrons. The summed E-state index contributed by atoms with van der Waals surface area (Å²) in [5.41, 5.74) is 7.04. The number of nitrogens with one attached hydrogen (secondary N) is 2. The lowest BCUT2D eigenvalue weighted by Gasteiger charge is -2.14. The Morgan fingerprint density at radius 1 is 1.57 bits per heavy atom. The first-order chi connectivity index (χ1) is 6.47. The van der Waals surface area contributed by atoms with Crippen molar-refractivity contribution in [2.45, 2.75) is 6.92 Å². The number of hydrogen-bond donors (Lipinski definition) is 3. The number of rotatable bonds is 5. The second-order valence-electron chi connectivity index (χ2n) is 2.94. The van der Waals surface area contributed by atoms with Crippen molar-refractivity contribution in [2.24, 2.45) is 5.73 Å². The van der Waals surface area contributed by atoms with Crippen LogP contribution in [-0.4, -0.2) is 24.8 Å². The molecule has 0 saturated heterocycles. The average molecular weight is 194 g/mol. The minimum Gasteiger partial charge on any atom is -0.389 e. The Morgan fingerprint density at radius 2 is 2.14 bits per heavy atom. The highest BCUT2D eigenvalue weighted by molar-refractivity contribution is 5.88. The maximum atomic E-state index is 7.02. The second-order valence-corrected chi connectivity index (χ2v) is 2.94. The van der Waals surface area contributed by atoms with E-state index < -0.39 is 0 Å². The Morgan fingerprint density at radius 3 is 2.57 bits per heavy atom. The lowest BCUT2D eigenvalue weighted by molar-refractivity contribution is 0.569. The van der Waals surface area contributed by atoms with Gasteiger partial charge in [0, 0.05) is 31.7 Å². The lowest BCUT2D eigenvalue weighted by atomic mass is 10.3. The first-order valence-corrected chi connectivity index (χ1v) is 4.27. The molecule has 0 unspecified atom stereocenters. The van der Waals surface area contributed by atoms with Crippen molar-refractivity contribution in [3.63, 3.8) is 0 Å². The van der Waals surface area contributed by atoms with Crippen LogP contribution in [0.1, 0.15) is 6.92 Å². The maximum Gasteiger partial charge on any atom is 0.116 e. The van der Waals surface area contributed by atoms with E-state index in [1.807, 2.05) is 32.0 Å². The van der Waals surface area contributed by atoms with E-state index in [1.54, 1.807) is 6.20 Å². The molecule has 4 heteroatoms. The number of nitrogens with two attached hydrogens (primary N) is 1. The van der Waals surface area contributed by atoms with Crippen molar-refractivity contribution in [1.29, 1.82) is 5.41 Å². The highest BCUT2D eigenvalue weighted by Crippen LogP contribution is 2.02. The van der Waals surface area contributed by atoms with Gasteiger partial charge in [-0.25, -0.2) is 0 Å². The van der Waals surface area contributed by atoms with Gasteiger partial charge in [-0.1, -0.05) is 6.58 Å². The molecule has 0 amide bonds. The zero-order chi connectivity index (χ0) is 11.1. The quantitative estimate of drug-likeness (QED) is 0.347. The Kier molecular flexibility index (Phi) is 5.14. The molecule has 0 bridgehead atoms. The van der Waals surface area contributed by atoms with Gasteiger partial charge in [0.1, 0.15) is 5.84 Å². The molecule has 0 fully saturated rings. The minimum absolute atomic E-state index is 0.0390. The summed E-state index contributed by atoms with van der Waals surface area (Å²) < 4.78 is 0. The molecule has 0 aliphatic carbocycles. The standard InChI is InChI=1S/C10H18N4/c1-8(13-3)7-9(2)14(4)6-5-10(11)12/h5-7,13H,1H2,2-4H3,(H3,11,12)/b6-5-,9-7+. The van der Waals surface area contributed by atoms with Crippen molar-refractivity contribution in [1.82, 2.24) is 10.2 Å². The average Bonchev–Trinajstić information content (AvgIpc) is 2.13. The molecule has 0 aromatic heterocycles. The molecule has 0 aliphatic heterocycles. The zero-order valence-corrected chi connectivity index (χ0v) is 8.96. The molecule has 0 spiro atoms. The van der Waals surface area contributed by atoms with Crippen LogP contribution in [0.5, 0.6) is 0 Å². The molecule has 14 heavy (non-hydrogen) atoms. The van der Waals surface area contributed by atoms with E-state index >= 15 is 0 Å². The number of hydrogen-bond acceptors (Lipinski definition) is 3. The van der Waals surface area contributed by atoms with Crippen molar-refractivity contribution in [3.8, 4) is 0 Å². The molecule has 0 aliphatic rings. The molecule has 4 N–H and O–H groups in total. The maximum absolute atomic E-state index is 7.02. The molecular formula is C10H18N4. The van der Waals surface area contributed by atoms with Crippen LogP contribution in [0, 0.1) is 5.41 Å².